The molecule has 8 nitrogen and oxygen atoms in total. The van der Waals surface area contributed by atoms with E-state index in [1.807, 2.05) is 25.1 Å². The zero-order valence-electron chi connectivity index (χ0n) is 16.7. The van der Waals surface area contributed by atoms with Crippen molar-refractivity contribution in [2.24, 2.45) is 0 Å². The molecule has 0 bridgehead atoms. The average Bonchev–Trinajstić information content (AvgIpc) is 2.73. The van der Waals surface area contributed by atoms with Gasteiger partial charge in [-0.2, -0.15) is 0 Å². The van der Waals surface area contributed by atoms with E-state index in [0.717, 1.165) is 15.8 Å². The van der Waals surface area contributed by atoms with Crippen LogP contribution in [0.3, 0.4) is 0 Å². The van der Waals surface area contributed by atoms with Crippen LogP contribution in [0.15, 0.2) is 70.3 Å². The maximum absolute atomic E-state index is 12.4. The standard InChI is InChI=1S/C21H21BrN4O4S/c1-15-5-10-19(18(22)14-15)30-13-2-4-20(27)25-16-6-8-17(9-7-16)31(28,29)26-21-23-11-3-12-24-21/h3,5-12,14H,2,4,13H2,1H3,(H,25,27)(H,23,24,26). The SMILES string of the molecule is Cc1ccc(OCCCC(=O)Nc2ccc(S(=O)(=O)Nc3ncccn3)cc2)c(Br)c1. The van der Waals surface area contributed by atoms with Crippen LogP contribution >= 0.6 is 15.9 Å². The van der Waals surface area contributed by atoms with E-state index < -0.39 is 10.0 Å². The molecule has 0 saturated carbocycles. The number of nitrogens with zero attached hydrogens (tertiary/aromatic N) is 2. The highest BCUT2D eigenvalue weighted by molar-refractivity contribution is 9.10. The van der Waals surface area contributed by atoms with Crippen LogP contribution in [0, 0.1) is 6.92 Å². The summed E-state index contributed by atoms with van der Waals surface area (Å²) in [5.74, 6) is 0.537. The lowest BCUT2D eigenvalue weighted by atomic mass is 10.2. The lowest BCUT2D eigenvalue weighted by Crippen LogP contribution is -2.15. The highest BCUT2D eigenvalue weighted by Gasteiger charge is 2.15. The van der Waals surface area contributed by atoms with Gasteiger partial charge in [-0.05, 0) is 77.3 Å². The zero-order valence-corrected chi connectivity index (χ0v) is 19.1. The fourth-order valence-corrected chi connectivity index (χ4v) is 4.18. The van der Waals surface area contributed by atoms with E-state index in [1.165, 1.54) is 36.7 Å². The number of carbonyl (C=O) groups excluding carboxylic acids is 1. The zero-order chi connectivity index (χ0) is 22.3. The number of halogens is 1. The predicted octanol–water partition coefficient (Wildman–Crippen LogP) is 4.15. The number of benzene rings is 2. The minimum atomic E-state index is -3.82. The third kappa shape index (κ3) is 6.76. The highest BCUT2D eigenvalue weighted by atomic mass is 79.9. The quantitative estimate of drug-likeness (QED) is 0.423. The summed E-state index contributed by atoms with van der Waals surface area (Å²) in [4.78, 5) is 19.8. The molecule has 31 heavy (non-hydrogen) atoms. The monoisotopic (exact) mass is 504 g/mol. The molecule has 0 radical (unpaired) electrons. The first-order valence-electron chi connectivity index (χ1n) is 9.42. The number of rotatable bonds is 9. The molecule has 3 rings (SSSR count). The van der Waals surface area contributed by atoms with Crippen LogP contribution in [0.2, 0.25) is 0 Å². The molecule has 0 aliphatic rings. The topological polar surface area (TPSA) is 110 Å². The van der Waals surface area contributed by atoms with Crippen LogP contribution in [0.4, 0.5) is 11.6 Å². The Labute approximate surface area is 189 Å². The first kappa shape index (κ1) is 22.7. The number of hydrogen-bond donors (Lipinski definition) is 2. The molecule has 1 amide bonds. The largest absolute Gasteiger partial charge is 0.492 e. The summed E-state index contributed by atoms with van der Waals surface area (Å²) in [5.41, 5.74) is 1.63. The second kappa shape index (κ2) is 10.4. The molecule has 0 unspecified atom stereocenters. The Balaban J connectivity index is 1.47. The molecule has 1 aromatic heterocycles. The van der Waals surface area contributed by atoms with Gasteiger partial charge in [0.2, 0.25) is 11.9 Å². The molecule has 2 N–H and O–H groups in total. The van der Waals surface area contributed by atoms with Crippen molar-refractivity contribution in [3.05, 3.63) is 71.0 Å². The minimum Gasteiger partial charge on any atom is -0.492 e. The molecule has 0 saturated heterocycles. The van der Waals surface area contributed by atoms with Crippen LogP contribution in [0.5, 0.6) is 5.75 Å². The van der Waals surface area contributed by atoms with Crippen LogP contribution in [-0.2, 0) is 14.8 Å². The first-order valence-corrected chi connectivity index (χ1v) is 11.7. The summed E-state index contributed by atoms with van der Waals surface area (Å²) in [6.45, 7) is 2.40. The third-order valence-corrected chi connectivity index (χ3v) is 6.10. The molecule has 0 atom stereocenters. The molecule has 1 heterocycles. The van der Waals surface area contributed by atoms with Crippen LogP contribution in [-0.4, -0.2) is 30.9 Å². The van der Waals surface area contributed by atoms with Crippen molar-refractivity contribution in [3.8, 4) is 5.75 Å². The van der Waals surface area contributed by atoms with E-state index in [0.29, 0.717) is 18.7 Å². The van der Waals surface area contributed by atoms with E-state index >= 15 is 0 Å². The van der Waals surface area contributed by atoms with Crippen LogP contribution in [0.25, 0.3) is 0 Å². The number of hydrogen-bond acceptors (Lipinski definition) is 6. The number of sulfonamides is 1. The fraction of sp³-hybridized carbons (Fsp3) is 0.190. The highest BCUT2D eigenvalue weighted by Crippen LogP contribution is 2.26. The van der Waals surface area contributed by atoms with Gasteiger partial charge in [0.05, 0.1) is 16.0 Å². The summed E-state index contributed by atoms with van der Waals surface area (Å²) in [7, 11) is -3.82. The number of amides is 1. The van der Waals surface area contributed by atoms with Gasteiger partial charge >= 0.3 is 0 Å². The van der Waals surface area contributed by atoms with Gasteiger partial charge in [-0.25, -0.2) is 23.1 Å². The van der Waals surface area contributed by atoms with Gasteiger partial charge < -0.3 is 10.1 Å². The van der Waals surface area contributed by atoms with E-state index in [2.05, 4.69) is 35.9 Å². The fourth-order valence-electron chi connectivity index (χ4n) is 2.61. The summed E-state index contributed by atoms with van der Waals surface area (Å²) in [5, 5.41) is 2.74. The minimum absolute atomic E-state index is 0.0141. The van der Waals surface area contributed by atoms with Crippen LogP contribution < -0.4 is 14.8 Å². The lowest BCUT2D eigenvalue weighted by Gasteiger charge is -2.10. The Morgan fingerprint density at radius 1 is 1.10 bits per heavy atom. The summed E-state index contributed by atoms with van der Waals surface area (Å²) in [6.07, 6.45) is 3.69. The first-order chi connectivity index (χ1) is 14.8. The Morgan fingerprint density at radius 2 is 1.81 bits per heavy atom. The molecule has 162 valence electrons. The molecule has 2 aromatic carbocycles. The van der Waals surface area contributed by atoms with Crippen molar-refractivity contribution in [3.63, 3.8) is 0 Å². The van der Waals surface area contributed by atoms with Crippen molar-refractivity contribution in [2.75, 3.05) is 16.6 Å². The second-order valence-electron chi connectivity index (χ2n) is 6.64. The molecule has 0 aliphatic heterocycles. The van der Waals surface area contributed by atoms with Crippen molar-refractivity contribution < 1.29 is 17.9 Å². The number of aromatic nitrogens is 2. The molecule has 0 aliphatic carbocycles. The molecular formula is C21H21BrN4O4S. The number of carbonyl (C=O) groups is 1. The maximum Gasteiger partial charge on any atom is 0.264 e. The van der Waals surface area contributed by atoms with Gasteiger partial charge in [-0.1, -0.05) is 6.07 Å². The van der Waals surface area contributed by atoms with E-state index in [9.17, 15) is 13.2 Å². The molecule has 10 heteroatoms. The van der Waals surface area contributed by atoms with E-state index in [-0.39, 0.29) is 23.2 Å². The Morgan fingerprint density at radius 3 is 2.48 bits per heavy atom. The van der Waals surface area contributed by atoms with Crippen molar-refractivity contribution in [1.82, 2.24) is 9.97 Å². The van der Waals surface area contributed by atoms with Crippen molar-refractivity contribution in [2.45, 2.75) is 24.7 Å². The maximum atomic E-state index is 12.4. The van der Waals surface area contributed by atoms with Gasteiger partial charge in [0.15, 0.2) is 0 Å². The smallest absolute Gasteiger partial charge is 0.264 e. The third-order valence-electron chi connectivity index (χ3n) is 4.13. The summed E-state index contributed by atoms with van der Waals surface area (Å²) < 4.78 is 33.6. The molecular weight excluding hydrogens is 484 g/mol. The Hall–Kier alpha value is -2.98. The number of nitrogens with one attached hydrogen (secondary N) is 2. The Kier molecular flexibility index (Phi) is 7.59. The molecule has 3 aromatic rings. The van der Waals surface area contributed by atoms with Crippen molar-refractivity contribution in [1.29, 1.82) is 0 Å². The molecule has 0 spiro atoms. The summed E-state index contributed by atoms with van der Waals surface area (Å²) >= 11 is 3.45. The van der Waals surface area contributed by atoms with Gasteiger partial charge in [0, 0.05) is 24.5 Å². The predicted molar refractivity (Wildman–Crippen MR) is 122 cm³/mol. The van der Waals surface area contributed by atoms with Gasteiger partial charge in [0.1, 0.15) is 5.75 Å². The normalized spacial score (nSPS) is 11.0. The van der Waals surface area contributed by atoms with Gasteiger partial charge in [-0.15, -0.1) is 0 Å². The van der Waals surface area contributed by atoms with E-state index in [1.54, 1.807) is 6.07 Å². The van der Waals surface area contributed by atoms with Gasteiger partial charge in [-0.3, -0.25) is 4.79 Å². The lowest BCUT2D eigenvalue weighted by molar-refractivity contribution is -0.116. The number of ether oxygens (including phenoxy) is 1. The van der Waals surface area contributed by atoms with Gasteiger partial charge in [0.25, 0.3) is 10.0 Å². The summed E-state index contributed by atoms with van der Waals surface area (Å²) in [6, 6.07) is 13.2. The van der Waals surface area contributed by atoms with Crippen molar-refractivity contribution >= 4 is 43.5 Å². The number of aryl methyl sites for hydroxylation is 1. The van der Waals surface area contributed by atoms with E-state index in [4.69, 9.17) is 4.74 Å². The Bertz CT molecular complexity index is 1140. The molecule has 0 fully saturated rings. The van der Waals surface area contributed by atoms with Crippen LogP contribution in [0.1, 0.15) is 18.4 Å². The average molecular weight is 505 g/mol. The second-order valence-corrected chi connectivity index (χ2v) is 9.17. The number of anilines is 2.